The number of amides is 1. The van der Waals surface area contributed by atoms with E-state index in [1.54, 1.807) is 44.9 Å². The van der Waals surface area contributed by atoms with Crippen LogP contribution in [0.3, 0.4) is 0 Å². The van der Waals surface area contributed by atoms with E-state index >= 15 is 0 Å². The fourth-order valence-electron chi connectivity index (χ4n) is 2.66. The molecule has 3 aromatic rings. The average Bonchev–Trinajstić information content (AvgIpc) is 3.14. The minimum atomic E-state index is -0.275. The fourth-order valence-corrected chi connectivity index (χ4v) is 2.66. The van der Waals surface area contributed by atoms with Gasteiger partial charge in [0.25, 0.3) is 5.91 Å². The van der Waals surface area contributed by atoms with E-state index in [0.717, 1.165) is 11.3 Å². The molecule has 0 spiro atoms. The summed E-state index contributed by atoms with van der Waals surface area (Å²) in [5.41, 5.74) is 1.53. The van der Waals surface area contributed by atoms with E-state index in [0.29, 0.717) is 29.4 Å². The molecule has 1 N–H and O–H groups in total. The zero-order valence-electron chi connectivity index (χ0n) is 15.4. The van der Waals surface area contributed by atoms with E-state index in [1.165, 1.54) is 7.11 Å². The van der Waals surface area contributed by atoms with E-state index in [9.17, 15) is 4.79 Å². The number of nitrogens with zero attached hydrogens (tertiary/aromatic N) is 2. The van der Waals surface area contributed by atoms with Crippen molar-refractivity contribution in [1.29, 1.82) is 0 Å². The molecule has 7 nitrogen and oxygen atoms in total. The molecule has 2 aromatic carbocycles. The largest absolute Gasteiger partial charge is 0.497 e. The number of rotatable bonds is 7. The third kappa shape index (κ3) is 4.38. The summed E-state index contributed by atoms with van der Waals surface area (Å²) in [6.07, 6.45) is 3.45. The first kappa shape index (κ1) is 18.3. The van der Waals surface area contributed by atoms with Crippen LogP contribution in [-0.4, -0.2) is 36.8 Å². The minimum absolute atomic E-state index is 0.275. The molecule has 0 fully saturated rings. The van der Waals surface area contributed by atoms with Gasteiger partial charge in [0.2, 0.25) is 0 Å². The number of imidazole rings is 1. The van der Waals surface area contributed by atoms with Crippen LogP contribution in [0.1, 0.15) is 15.9 Å². The number of carbonyl (C=O) groups excluding carboxylic acids is 1. The lowest BCUT2D eigenvalue weighted by Gasteiger charge is -2.09. The Labute approximate surface area is 157 Å². The van der Waals surface area contributed by atoms with E-state index in [2.05, 4.69) is 10.3 Å². The standard InChI is InChI=1S/C20H21N3O4/c1-25-16-6-4-5-14(9-16)11-23-12-19(21-13-23)22-20(24)15-7-8-17(26-2)18(10-15)27-3/h4-10,12-13H,11H2,1-3H3,(H,22,24). The molecule has 0 aliphatic rings. The van der Waals surface area contributed by atoms with Crippen molar-refractivity contribution in [2.24, 2.45) is 0 Å². The first-order chi connectivity index (χ1) is 13.1. The van der Waals surface area contributed by atoms with Crippen LogP contribution in [0.5, 0.6) is 17.2 Å². The number of anilines is 1. The minimum Gasteiger partial charge on any atom is -0.497 e. The number of nitrogens with one attached hydrogen (secondary N) is 1. The Morgan fingerprint density at radius 3 is 2.59 bits per heavy atom. The van der Waals surface area contributed by atoms with Crippen LogP contribution in [0.15, 0.2) is 55.0 Å². The Kier molecular flexibility index (Phi) is 5.61. The van der Waals surface area contributed by atoms with Crippen LogP contribution < -0.4 is 19.5 Å². The number of ether oxygens (including phenoxy) is 3. The topological polar surface area (TPSA) is 74.6 Å². The third-order valence-corrected chi connectivity index (χ3v) is 4.02. The lowest BCUT2D eigenvalue weighted by Crippen LogP contribution is -2.12. The van der Waals surface area contributed by atoms with Crippen molar-refractivity contribution in [3.63, 3.8) is 0 Å². The first-order valence-electron chi connectivity index (χ1n) is 8.31. The highest BCUT2D eigenvalue weighted by Gasteiger charge is 2.12. The van der Waals surface area contributed by atoms with Gasteiger partial charge in [0.1, 0.15) is 5.75 Å². The van der Waals surface area contributed by atoms with Crippen LogP contribution in [0.25, 0.3) is 0 Å². The number of benzene rings is 2. The quantitative estimate of drug-likeness (QED) is 0.694. The molecule has 27 heavy (non-hydrogen) atoms. The average molecular weight is 367 g/mol. The predicted octanol–water partition coefficient (Wildman–Crippen LogP) is 3.21. The highest BCUT2D eigenvalue weighted by Crippen LogP contribution is 2.27. The Morgan fingerprint density at radius 2 is 1.85 bits per heavy atom. The highest BCUT2D eigenvalue weighted by molar-refractivity contribution is 6.04. The van der Waals surface area contributed by atoms with E-state index < -0.39 is 0 Å². The maximum absolute atomic E-state index is 12.5. The second-order valence-corrected chi connectivity index (χ2v) is 5.81. The lowest BCUT2D eigenvalue weighted by molar-refractivity contribution is 0.102. The molecular weight excluding hydrogens is 346 g/mol. The summed E-state index contributed by atoms with van der Waals surface area (Å²) in [6, 6.07) is 12.8. The van der Waals surface area contributed by atoms with Gasteiger partial charge in [-0.25, -0.2) is 4.98 Å². The molecule has 1 heterocycles. The highest BCUT2D eigenvalue weighted by atomic mass is 16.5. The van der Waals surface area contributed by atoms with Gasteiger partial charge in [-0.2, -0.15) is 0 Å². The van der Waals surface area contributed by atoms with Crippen molar-refractivity contribution in [2.45, 2.75) is 6.54 Å². The van der Waals surface area contributed by atoms with Gasteiger partial charge in [0, 0.05) is 18.3 Å². The second-order valence-electron chi connectivity index (χ2n) is 5.81. The Bertz CT molecular complexity index is 936. The zero-order valence-corrected chi connectivity index (χ0v) is 15.4. The molecule has 0 aliphatic carbocycles. The van der Waals surface area contributed by atoms with Crippen LogP contribution in [-0.2, 0) is 6.54 Å². The predicted molar refractivity (Wildman–Crippen MR) is 102 cm³/mol. The van der Waals surface area contributed by atoms with Gasteiger partial charge in [-0.05, 0) is 35.9 Å². The first-order valence-corrected chi connectivity index (χ1v) is 8.31. The zero-order chi connectivity index (χ0) is 19.2. The van der Waals surface area contributed by atoms with Gasteiger partial charge in [-0.1, -0.05) is 12.1 Å². The number of hydrogen-bond donors (Lipinski definition) is 1. The van der Waals surface area contributed by atoms with Crippen LogP contribution >= 0.6 is 0 Å². The number of hydrogen-bond acceptors (Lipinski definition) is 5. The van der Waals surface area contributed by atoms with Gasteiger partial charge < -0.3 is 24.1 Å². The van der Waals surface area contributed by atoms with Crippen LogP contribution in [0.4, 0.5) is 5.82 Å². The maximum Gasteiger partial charge on any atom is 0.256 e. The molecule has 0 saturated carbocycles. The summed E-state index contributed by atoms with van der Waals surface area (Å²) in [6.45, 7) is 0.621. The summed E-state index contributed by atoms with van der Waals surface area (Å²) in [7, 11) is 4.71. The normalized spacial score (nSPS) is 10.3. The van der Waals surface area contributed by atoms with Gasteiger partial charge >= 0.3 is 0 Å². The molecule has 0 aliphatic heterocycles. The Hall–Kier alpha value is -3.48. The SMILES string of the molecule is COc1cccc(Cn2cnc(NC(=O)c3ccc(OC)c(OC)c3)c2)c1. The number of aromatic nitrogens is 2. The molecule has 3 rings (SSSR count). The van der Waals surface area contributed by atoms with Gasteiger partial charge in [0.15, 0.2) is 17.3 Å². The van der Waals surface area contributed by atoms with E-state index in [4.69, 9.17) is 14.2 Å². The van der Waals surface area contributed by atoms with E-state index in [1.807, 2.05) is 28.8 Å². The lowest BCUT2D eigenvalue weighted by atomic mass is 10.2. The maximum atomic E-state index is 12.5. The van der Waals surface area contributed by atoms with Gasteiger partial charge in [0.05, 0.1) is 27.7 Å². The van der Waals surface area contributed by atoms with Crippen LogP contribution in [0, 0.1) is 0 Å². The van der Waals surface area contributed by atoms with Crippen molar-refractivity contribution in [3.05, 3.63) is 66.1 Å². The number of methoxy groups -OCH3 is 3. The van der Waals surface area contributed by atoms with Crippen LogP contribution in [0.2, 0.25) is 0 Å². The van der Waals surface area contributed by atoms with Crippen molar-refractivity contribution in [2.75, 3.05) is 26.6 Å². The summed E-state index contributed by atoms with van der Waals surface area (Å²) in [5.74, 6) is 2.06. The molecule has 7 heteroatoms. The van der Waals surface area contributed by atoms with Gasteiger partial charge in [-0.3, -0.25) is 4.79 Å². The number of carbonyl (C=O) groups is 1. The molecule has 0 radical (unpaired) electrons. The van der Waals surface area contributed by atoms with Crippen molar-refractivity contribution in [3.8, 4) is 17.2 Å². The molecule has 140 valence electrons. The molecule has 0 atom stereocenters. The molecule has 1 amide bonds. The van der Waals surface area contributed by atoms with E-state index in [-0.39, 0.29) is 5.91 Å². The summed E-state index contributed by atoms with van der Waals surface area (Å²) >= 11 is 0. The molecular formula is C20H21N3O4. The van der Waals surface area contributed by atoms with Crippen molar-refractivity contribution in [1.82, 2.24) is 9.55 Å². The monoisotopic (exact) mass is 367 g/mol. The molecule has 0 unspecified atom stereocenters. The summed E-state index contributed by atoms with van der Waals surface area (Å²) in [5, 5.41) is 2.78. The smallest absolute Gasteiger partial charge is 0.256 e. The summed E-state index contributed by atoms with van der Waals surface area (Å²) in [4.78, 5) is 16.7. The molecule has 0 bridgehead atoms. The summed E-state index contributed by atoms with van der Waals surface area (Å²) < 4.78 is 17.5. The Balaban J connectivity index is 1.69. The van der Waals surface area contributed by atoms with Crippen molar-refractivity contribution >= 4 is 11.7 Å². The van der Waals surface area contributed by atoms with Gasteiger partial charge in [-0.15, -0.1) is 0 Å². The Morgan fingerprint density at radius 1 is 1.04 bits per heavy atom. The second kappa shape index (κ2) is 8.27. The molecule has 0 saturated heterocycles. The van der Waals surface area contributed by atoms with Crippen molar-refractivity contribution < 1.29 is 19.0 Å². The third-order valence-electron chi connectivity index (χ3n) is 4.02. The fraction of sp³-hybridized carbons (Fsp3) is 0.200. The molecule has 1 aromatic heterocycles.